The average molecular weight is 564 g/mol. The predicted octanol–water partition coefficient (Wildman–Crippen LogP) is 3.92. The summed E-state index contributed by atoms with van der Waals surface area (Å²) in [4.78, 5) is 15.6. The van der Waals surface area contributed by atoms with Gasteiger partial charge in [-0.3, -0.25) is 4.79 Å². The third-order valence-corrected chi connectivity index (χ3v) is 7.07. The molecule has 0 fully saturated rings. The molecule has 0 bridgehead atoms. The van der Waals surface area contributed by atoms with Gasteiger partial charge in [-0.25, -0.2) is 10.1 Å². The van der Waals surface area contributed by atoms with Gasteiger partial charge in [-0.15, -0.1) is 5.10 Å². The van der Waals surface area contributed by atoms with E-state index in [9.17, 15) is 4.79 Å². The van der Waals surface area contributed by atoms with Crippen LogP contribution in [0.2, 0.25) is 0 Å². The van der Waals surface area contributed by atoms with E-state index in [1.165, 1.54) is 10.2 Å². The monoisotopic (exact) mass is 563 g/mol. The summed E-state index contributed by atoms with van der Waals surface area (Å²) in [5.74, 6) is 0.425. The van der Waals surface area contributed by atoms with E-state index in [0.29, 0.717) is 24.6 Å². The van der Waals surface area contributed by atoms with E-state index < -0.39 is 5.91 Å². The molecule has 6 rings (SSSR count). The van der Waals surface area contributed by atoms with Gasteiger partial charge in [0.25, 0.3) is 5.91 Å². The molecule has 1 amide bonds. The van der Waals surface area contributed by atoms with E-state index in [2.05, 4.69) is 48.2 Å². The number of nitrogens with two attached hydrogens (primary N) is 1. The number of nitrogens with one attached hydrogen (secondary N) is 1. The number of hydrazone groups is 1. The number of para-hydroxylation sites is 1. The van der Waals surface area contributed by atoms with Crippen LogP contribution in [0.3, 0.4) is 0 Å². The lowest BCUT2D eigenvalue weighted by atomic mass is 10.0. The molecule has 2 aromatic heterocycles. The lowest BCUT2D eigenvalue weighted by Crippen LogP contribution is -2.31. The number of fused-ring (bicyclic) bond motifs is 1. The van der Waals surface area contributed by atoms with Crippen molar-refractivity contribution in [3.05, 3.63) is 107 Å². The normalized spacial score (nSPS) is 13.1. The number of anilines is 2. The van der Waals surface area contributed by atoms with Gasteiger partial charge in [-0.2, -0.15) is 9.78 Å². The van der Waals surface area contributed by atoms with Crippen molar-refractivity contribution in [3.63, 3.8) is 0 Å². The Hall–Kier alpha value is -5.52. The van der Waals surface area contributed by atoms with Crippen molar-refractivity contribution in [2.24, 2.45) is 5.10 Å². The Morgan fingerprint density at radius 2 is 1.83 bits per heavy atom. The molecule has 3 aromatic carbocycles. The van der Waals surface area contributed by atoms with Crippen LogP contribution in [0.5, 0.6) is 5.75 Å². The zero-order valence-corrected chi connectivity index (χ0v) is 23.0. The van der Waals surface area contributed by atoms with Crippen LogP contribution in [0.4, 0.5) is 11.5 Å². The second kappa shape index (κ2) is 11.9. The number of benzene rings is 3. The summed E-state index contributed by atoms with van der Waals surface area (Å²) in [6.07, 6.45) is 1.97. The second-order valence-electron chi connectivity index (χ2n) is 9.86. The molecule has 1 aliphatic rings. The molecule has 12 nitrogen and oxygen atoms in total. The third-order valence-electron chi connectivity index (χ3n) is 7.07. The summed E-state index contributed by atoms with van der Waals surface area (Å²) in [7, 11) is 0. The fraction of sp³-hybridized carbons (Fsp3) is 0.200. The first kappa shape index (κ1) is 26.7. The number of ether oxygens (including phenoxy) is 1. The first-order valence-electron chi connectivity index (χ1n) is 13.5. The number of nitrogen functional groups attached to an aromatic ring is 1. The molecule has 0 saturated carbocycles. The SMILES string of the molecule is C/C(=N/NC(=O)c1nnn(-c2nonc2N)c1CN1CCCc2ccccc21)c1ccc(OCc2ccccc2)cc1. The van der Waals surface area contributed by atoms with Crippen LogP contribution >= 0.6 is 0 Å². The number of hydrogen-bond donors (Lipinski definition) is 2. The molecule has 0 aliphatic carbocycles. The molecular weight excluding hydrogens is 534 g/mol. The number of carbonyl (C=O) groups excluding carboxylic acids is 1. The molecule has 3 heterocycles. The predicted molar refractivity (Wildman–Crippen MR) is 156 cm³/mol. The minimum atomic E-state index is -0.515. The van der Waals surface area contributed by atoms with Crippen molar-refractivity contribution in [1.82, 2.24) is 30.7 Å². The topological polar surface area (TPSA) is 150 Å². The Balaban J connectivity index is 1.20. The minimum Gasteiger partial charge on any atom is -0.489 e. The first-order valence-corrected chi connectivity index (χ1v) is 13.5. The van der Waals surface area contributed by atoms with E-state index in [1.54, 1.807) is 0 Å². The van der Waals surface area contributed by atoms with Gasteiger partial charge in [0.1, 0.15) is 12.4 Å². The number of rotatable bonds is 9. The zero-order chi connectivity index (χ0) is 28.9. The highest BCUT2D eigenvalue weighted by Gasteiger charge is 2.27. The maximum absolute atomic E-state index is 13.4. The number of carbonyl (C=O) groups is 1. The van der Waals surface area contributed by atoms with E-state index in [4.69, 9.17) is 15.1 Å². The summed E-state index contributed by atoms with van der Waals surface area (Å²) >= 11 is 0. The lowest BCUT2D eigenvalue weighted by molar-refractivity contribution is 0.0948. The summed E-state index contributed by atoms with van der Waals surface area (Å²) < 4.78 is 12.0. The van der Waals surface area contributed by atoms with Gasteiger partial charge in [-0.05, 0) is 77.1 Å². The highest BCUT2D eigenvalue weighted by Crippen LogP contribution is 2.29. The van der Waals surface area contributed by atoms with Gasteiger partial charge in [-0.1, -0.05) is 53.7 Å². The van der Waals surface area contributed by atoms with Crippen LogP contribution in [-0.4, -0.2) is 43.5 Å². The zero-order valence-electron chi connectivity index (χ0n) is 23.0. The molecule has 42 heavy (non-hydrogen) atoms. The van der Waals surface area contributed by atoms with Gasteiger partial charge in [0.2, 0.25) is 11.6 Å². The maximum Gasteiger partial charge on any atom is 0.293 e. The number of aromatic nitrogens is 5. The maximum atomic E-state index is 13.4. The summed E-state index contributed by atoms with van der Waals surface area (Å²) in [5, 5.41) is 20.2. The van der Waals surface area contributed by atoms with Crippen LogP contribution in [0.1, 0.15) is 46.2 Å². The van der Waals surface area contributed by atoms with E-state index in [1.807, 2.05) is 73.7 Å². The molecule has 0 radical (unpaired) electrons. The Labute approximate surface area is 241 Å². The van der Waals surface area contributed by atoms with Crippen molar-refractivity contribution in [2.45, 2.75) is 32.9 Å². The molecule has 0 unspecified atom stereocenters. The molecule has 5 aromatic rings. The van der Waals surface area contributed by atoms with Crippen molar-refractivity contribution >= 4 is 23.1 Å². The highest BCUT2D eigenvalue weighted by molar-refractivity contribution is 6.00. The molecule has 3 N–H and O–H groups in total. The standard InChI is InChI=1S/C30H29N9O3/c1-20(22-13-15-24(16-14-22)41-19-21-8-3-2-4-9-21)32-34-30(40)27-26(39(37-33-27)29-28(31)35-42-36-29)18-38-17-7-11-23-10-5-6-12-25(23)38/h2-6,8-10,12-16H,7,11,17-19H2,1H3,(H2,31,35)(H,34,40)/b32-20-. The number of aryl methyl sites for hydroxylation is 1. The Morgan fingerprint density at radius 3 is 2.62 bits per heavy atom. The second-order valence-corrected chi connectivity index (χ2v) is 9.86. The Kier molecular flexibility index (Phi) is 7.58. The quantitative estimate of drug-likeness (QED) is 0.201. The Morgan fingerprint density at radius 1 is 1.05 bits per heavy atom. The fourth-order valence-corrected chi connectivity index (χ4v) is 4.87. The molecule has 0 spiro atoms. The van der Waals surface area contributed by atoms with Crippen LogP contribution in [0.15, 0.2) is 88.6 Å². The average Bonchev–Trinajstić information content (AvgIpc) is 3.65. The van der Waals surface area contributed by atoms with Gasteiger partial charge in [0.15, 0.2) is 5.69 Å². The van der Waals surface area contributed by atoms with Gasteiger partial charge in [0, 0.05) is 12.2 Å². The third kappa shape index (κ3) is 5.68. The number of nitrogens with zero attached hydrogens (tertiary/aromatic N) is 7. The van der Waals surface area contributed by atoms with Crippen LogP contribution in [0.25, 0.3) is 5.82 Å². The fourth-order valence-electron chi connectivity index (χ4n) is 4.87. The van der Waals surface area contributed by atoms with Crippen molar-refractivity contribution in [2.75, 3.05) is 17.2 Å². The minimum absolute atomic E-state index is 0.0391. The number of amides is 1. The van der Waals surface area contributed by atoms with E-state index >= 15 is 0 Å². The van der Waals surface area contributed by atoms with Crippen LogP contribution in [-0.2, 0) is 19.6 Å². The molecule has 0 saturated heterocycles. The van der Waals surface area contributed by atoms with Crippen LogP contribution < -0.4 is 20.8 Å². The van der Waals surface area contributed by atoms with Crippen molar-refractivity contribution < 1.29 is 14.2 Å². The smallest absolute Gasteiger partial charge is 0.293 e. The van der Waals surface area contributed by atoms with Gasteiger partial charge >= 0.3 is 0 Å². The Bertz CT molecular complexity index is 1710. The molecule has 212 valence electrons. The molecular formula is C30H29N9O3. The van der Waals surface area contributed by atoms with Crippen LogP contribution in [0, 0.1) is 0 Å². The molecule has 1 aliphatic heterocycles. The molecule has 0 atom stereocenters. The van der Waals surface area contributed by atoms with Crippen molar-refractivity contribution in [3.8, 4) is 11.6 Å². The van der Waals surface area contributed by atoms with Crippen molar-refractivity contribution in [1.29, 1.82) is 0 Å². The summed E-state index contributed by atoms with van der Waals surface area (Å²) in [5.41, 5.74) is 14.0. The number of hydrogen-bond acceptors (Lipinski definition) is 10. The summed E-state index contributed by atoms with van der Waals surface area (Å²) in [6.45, 7) is 3.43. The van der Waals surface area contributed by atoms with Gasteiger partial charge < -0.3 is 15.4 Å². The van der Waals surface area contributed by atoms with E-state index in [0.717, 1.165) is 42.0 Å². The van der Waals surface area contributed by atoms with E-state index in [-0.39, 0.29) is 17.3 Å². The summed E-state index contributed by atoms with van der Waals surface area (Å²) in [6, 6.07) is 25.7. The van der Waals surface area contributed by atoms with Gasteiger partial charge in [0.05, 0.1) is 18.0 Å². The lowest BCUT2D eigenvalue weighted by Gasteiger charge is -2.31. The molecule has 12 heteroatoms. The first-order chi connectivity index (χ1) is 20.6. The largest absolute Gasteiger partial charge is 0.489 e. The highest BCUT2D eigenvalue weighted by atomic mass is 16.6.